The molecule has 4 heteroatoms. The van der Waals surface area contributed by atoms with Crippen molar-refractivity contribution in [1.82, 2.24) is 0 Å². The van der Waals surface area contributed by atoms with Crippen LogP contribution in [0.4, 0.5) is 0 Å². The molecule has 4 rings (SSSR count). The third-order valence-corrected chi connectivity index (χ3v) is 8.91. The first kappa shape index (κ1) is 33.9. The lowest BCUT2D eigenvalue weighted by Gasteiger charge is -2.28. The van der Waals surface area contributed by atoms with Gasteiger partial charge in [0.25, 0.3) is 0 Å². The molecule has 1 aliphatic heterocycles. The van der Waals surface area contributed by atoms with Gasteiger partial charge in [-0.15, -0.1) is 0 Å². The third kappa shape index (κ3) is 9.73. The van der Waals surface area contributed by atoms with Gasteiger partial charge in [0, 0.05) is 38.7 Å². The molecule has 2 aliphatic rings. The fraction of sp³-hybridized carbons (Fsp3) is 0.605. The van der Waals surface area contributed by atoms with Gasteiger partial charge in [-0.05, 0) is 93.2 Å². The Morgan fingerprint density at radius 1 is 1.00 bits per heavy atom. The van der Waals surface area contributed by atoms with E-state index in [-0.39, 0.29) is 13.1 Å². The van der Waals surface area contributed by atoms with Crippen molar-refractivity contribution in [3.8, 4) is 0 Å². The van der Waals surface area contributed by atoms with Gasteiger partial charge in [0.2, 0.25) is 0 Å². The van der Waals surface area contributed by atoms with Crippen molar-refractivity contribution < 1.29 is 11.0 Å². The van der Waals surface area contributed by atoms with E-state index in [9.17, 15) is 10.2 Å². The molecule has 2 aromatic rings. The Hall–Kier alpha value is -2.59. The Morgan fingerprint density at radius 3 is 2.24 bits per heavy atom. The molecule has 0 aromatic heterocycles. The van der Waals surface area contributed by atoms with Crippen LogP contribution in [0.2, 0.25) is 0 Å². The molecular weight excluding hydrogens is 516 g/mol. The normalized spacial score (nSPS) is 18.6. The zero-order chi connectivity index (χ0) is 30.5. The number of aliphatic imine (C=N–C) groups is 1. The van der Waals surface area contributed by atoms with E-state index in [2.05, 4.69) is 82.1 Å². The van der Waals surface area contributed by atoms with Crippen molar-refractivity contribution in [2.45, 2.75) is 124 Å². The molecule has 42 heavy (non-hydrogen) atoms. The molecule has 0 radical (unpaired) electrons. The van der Waals surface area contributed by atoms with Crippen molar-refractivity contribution in [2.24, 2.45) is 16.8 Å². The summed E-state index contributed by atoms with van der Waals surface area (Å²) in [6.45, 7) is 14.2. The summed E-state index contributed by atoms with van der Waals surface area (Å²) < 4.78 is 5.57. The lowest BCUT2D eigenvalue weighted by atomic mass is 9.76. The Balaban J connectivity index is 0.00000155. The topological polar surface area (TPSA) is 62.5 Å². The molecule has 1 heterocycles. The van der Waals surface area contributed by atoms with Crippen molar-refractivity contribution >= 4 is 17.7 Å². The maximum atomic E-state index is 14.2. The van der Waals surface area contributed by atoms with Crippen LogP contribution in [0.25, 0.3) is 0 Å². The first-order chi connectivity index (χ1) is 20.3. The lowest BCUT2D eigenvalue weighted by molar-refractivity contribution is -0.121. The largest absolute Gasteiger partial charge is 0.381 e. The fourth-order valence-electron chi connectivity index (χ4n) is 6.65. The molecule has 0 bridgehead atoms. The van der Waals surface area contributed by atoms with Crippen LogP contribution in [0, 0.1) is 24.2 Å². The van der Waals surface area contributed by atoms with Crippen LogP contribution in [0.1, 0.15) is 140 Å². The molecule has 1 saturated carbocycles. The smallest absolute Gasteiger partial charge is 0.145 e. The Kier molecular flexibility index (Phi) is 14.1. The third-order valence-electron chi connectivity index (χ3n) is 8.91. The van der Waals surface area contributed by atoms with E-state index in [0.717, 1.165) is 73.3 Å². The number of benzene rings is 2. The van der Waals surface area contributed by atoms with E-state index in [4.69, 9.17) is 4.74 Å². The minimum atomic E-state index is -0.348. The predicted octanol–water partition coefficient (Wildman–Crippen LogP) is 10.1. The van der Waals surface area contributed by atoms with Crippen LogP contribution < -0.4 is 0 Å². The van der Waals surface area contributed by atoms with Gasteiger partial charge in [0.15, 0.2) is 0 Å². The van der Waals surface area contributed by atoms with Gasteiger partial charge in [-0.2, -0.15) is 0 Å². The number of rotatable bonds is 11. The van der Waals surface area contributed by atoms with Crippen LogP contribution >= 0.6 is 0 Å². The number of nitrogens with zero attached hydrogens (tertiary/aromatic N) is 1. The van der Waals surface area contributed by atoms with Crippen molar-refractivity contribution in [3.05, 3.63) is 70.3 Å². The Bertz CT molecular complexity index is 1150. The van der Waals surface area contributed by atoms with Gasteiger partial charge in [0.05, 0.1) is 5.92 Å². The Labute approximate surface area is 257 Å². The summed E-state index contributed by atoms with van der Waals surface area (Å²) >= 11 is 0. The average Bonchev–Trinajstić information content (AvgIpc) is 2.99. The van der Waals surface area contributed by atoms with Crippen LogP contribution in [-0.2, 0) is 9.53 Å². The first-order valence-electron chi connectivity index (χ1n) is 16.7. The summed E-state index contributed by atoms with van der Waals surface area (Å²) in [6.07, 6.45) is 12.4. The number of carbonyl (C=O) groups is 1. The van der Waals surface area contributed by atoms with Gasteiger partial charge >= 0.3 is 0 Å². The summed E-state index contributed by atoms with van der Waals surface area (Å²) in [6, 6.07) is 15.5. The number of ketones is 1. The minimum absolute atomic E-state index is 0. The molecule has 1 aliphatic carbocycles. The highest BCUT2D eigenvalue weighted by Crippen LogP contribution is 2.36. The maximum Gasteiger partial charge on any atom is 0.145 e. The second kappa shape index (κ2) is 17.5. The van der Waals surface area contributed by atoms with Crippen LogP contribution in [0.5, 0.6) is 0 Å². The average molecular weight is 575 g/mol. The highest BCUT2D eigenvalue weighted by Gasteiger charge is 2.31. The van der Waals surface area contributed by atoms with Crippen molar-refractivity contribution in [3.63, 3.8) is 0 Å². The molecule has 4 nitrogen and oxygen atoms in total. The van der Waals surface area contributed by atoms with Gasteiger partial charge in [-0.3, -0.25) is 9.79 Å². The molecule has 1 saturated heterocycles. The SMILES string of the molecule is CC=NC(C)CC(C)c1ccc(C(C(=O)CC2CCOCC2)c2cc(C)ccc2C(=N)C2CCCCC2)cc1.CCC.[HH]. The summed E-state index contributed by atoms with van der Waals surface area (Å²) in [4.78, 5) is 18.7. The highest BCUT2D eigenvalue weighted by molar-refractivity contribution is 6.03. The fourth-order valence-corrected chi connectivity index (χ4v) is 6.65. The number of Topliss-reactive ketones (excluding diaryl/α,β-unsaturated/α-hetero) is 1. The van der Waals surface area contributed by atoms with E-state index in [1.165, 1.54) is 31.2 Å². The first-order valence-corrected chi connectivity index (χ1v) is 16.7. The van der Waals surface area contributed by atoms with E-state index in [0.29, 0.717) is 30.2 Å². The number of aryl methyl sites for hydroxylation is 1. The van der Waals surface area contributed by atoms with Gasteiger partial charge < -0.3 is 10.1 Å². The van der Waals surface area contributed by atoms with E-state index >= 15 is 0 Å². The van der Waals surface area contributed by atoms with Gasteiger partial charge in [0.1, 0.15) is 5.78 Å². The molecule has 2 fully saturated rings. The summed E-state index contributed by atoms with van der Waals surface area (Å²) in [7, 11) is 0. The standard InChI is InChI=1S/C35H48N2O2.C3H8.H2/c1-5-37-26(4)22-25(3)28-12-14-29(15-13-28)34(33(38)23-27-17-19-39-20-18-27)32-21-24(2)11-16-31(32)35(36)30-9-7-6-8-10-30;1-3-2;/h5,11-16,21,25-27,30,34,36H,6-10,17-20,22-23H2,1-4H3;3H2,1-2H3;1H. The Morgan fingerprint density at radius 2 is 1.62 bits per heavy atom. The number of hydrogen-bond donors (Lipinski definition) is 1. The molecule has 0 spiro atoms. The van der Waals surface area contributed by atoms with E-state index in [1.54, 1.807) is 0 Å². The number of nitrogens with one attached hydrogen (secondary N) is 1. The number of carbonyl (C=O) groups excluding carboxylic acids is 1. The van der Waals surface area contributed by atoms with E-state index < -0.39 is 0 Å². The number of ether oxygens (including phenoxy) is 1. The minimum Gasteiger partial charge on any atom is -0.381 e. The molecular formula is C38H58N2O2. The molecule has 3 unspecified atom stereocenters. The number of hydrogen-bond acceptors (Lipinski definition) is 4. The van der Waals surface area contributed by atoms with Gasteiger partial charge in [-0.25, -0.2) is 0 Å². The quantitative estimate of drug-likeness (QED) is 0.271. The highest BCUT2D eigenvalue weighted by atomic mass is 16.5. The van der Waals surface area contributed by atoms with Crippen LogP contribution in [0.3, 0.4) is 0 Å². The summed E-state index contributed by atoms with van der Waals surface area (Å²) in [5.41, 5.74) is 6.20. The zero-order valence-corrected chi connectivity index (χ0v) is 27.3. The second-order valence-electron chi connectivity index (χ2n) is 12.8. The zero-order valence-electron chi connectivity index (χ0n) is 27.3. The van der Waals surface area contributed by atoms with Crippen molar-refractivity contribution in [2.75, 3.05) is 13.2 Å². The molecule has 0 amide bonds. The molecule has 232 valence electrons. The lowest BCUT2D eigenvalue weighted by Crippen LogP contribution is -2.25. The van der Waals surface area contributed by atoms with E-state index in [1.807, 2.05) is 13.1 Å². The second-order valence-corrected chi connectivity index (χ2v) is 12.8. The monoisotopic (exact) mass is 574 g/mol. The van der Waals surface area contributed by atoms with Crippen LogP contribution in [-0.4, -0.2) is 37.0 Å². The summed E-state index contributed by atoms with van der Waals surface area (Å²) in [5.74, 6) is 0.988. The molecule has 3 atom stereocenters. The van der Waals surface area contributed by atoms with Crippen molar-refractivity contribution in [1.29, 1.82) is 5.41 Å². The predicted molar refractivity (Wildman–Crippen MR) is 181 cm³/mol. The van der Waals surface area contributed by atoms with Crippen LogP contribution in [0.15, 0.2) is 47.5 Å². The summed E-state index contributed by atoms with van der Waals surface area (Å²) in [5, 5.41) is 9.24. The molecule has 2 aromatic carbocycles. The van der Waals surface area contributed by atoms with Gasteiger partial charge in [-0.1, -0.05) is 94.5 Å². The maximum absolute atomic E-state index is 14.2. The molecule has 1 N–H and O–H groups in total.